The summed E-state index contributed by atoms with van der Waals surface area (Å²) in [5.74, 6) is -0.512. The Morgan fingerprint density at radius 2 is 2.05 bits per heavy atom. The zero-order chi connectivity index (χ0) is 15.1. The molecule has 0 unspecified atom stereocenters. The quantitative estimate of drug-likeness (QED) is 0.628. The molecule has 0 aliphatic heterocycles. The molecule has 20 heavy (non-hydrogen) atoms. The largest absolute Gasteiger partial charge is 0.442 e. The van der Waals surface area contributed by atoms with E-state index in [0.717, 1.165) is 4.68 Å². The fourth-order valence-electron chi connectivity index (χ4n) is 1.51. The predicted molar refractivity (Wildman–Crippen MR) is 72.5 cm³/mol. The van der Waals surface area contributed by atoms with E-state index >= 15 is 0 Å². The van der Waals surface area contributed by atoms with Crippen molar-refractivity contribution in [3.63, 3.8) is 0 Å². The molecule has 0 aliphatic rings. The van der Waals surface area contributed by atoms with Gasteiger partial charge in [0.1, 0.15) is 0 Å². The highest BCUT2D eigenvalue weighted by atomic mass is 35.5. The Morgan fingerprint density at radius 3 is 2.55 bits per heavy atom. The number of benzene rings is 1. The van der Waals surface area contributed by atoms with Gasteiger partial charge in [0.2, 0.25) is 5.89 Å². The molecule has 8 heteroatoms. The van der Waals surface area contributed by atoms with E-state index in [0.29, 0.717) is 0 Å². The zero-order valence-electron chi connectivity index (χ0n) is 11.1. The van der Waals surface area contributed by atoms with Crippen molar-refractivity contribution < 1.29 is 9.34 Å². The Labute approximate surface area is 118 Å². The summed E-state index contributed by atoms with van der Waals surface area (Å²) < 4.78 is 5.98. The Hall–Kier alpha value is -2.15. The van der Waals surface area contributed by atoms with Crippen molar-refractivity contribution in [1.82, 2.24) is 9.78 Å². The van der Waals surface area contributed by atoms with Gasteiger partial charge in [-0.3, -0.25) is 10.1 Å². The van der Waals surface area contributed by atoms with E-state index < -0.39 is 16.1 Å². The smallest absolute Gasteiger partial charge is 0.391 e. The molecule has 0 radical (unpaired) electrons. The summed E-state index contributed by atoms with van der Waals surface area (Å²) in [5.41, 5.74) is -0.529. The van der Waals surface area contributed by atoms with Crippen LogP contribution in [0.15, 0.2) is 27.4 Å². The maximum Gasteiger partial charge on any atom is 0.442 e. The second-order valence-electron chi connectivity index (χ2n) is 5.23. The van der Waals surface area contributed by atoms with Crippen molar-refractivity contribution in [2.45, 2.75) is 26.2 Å². The van der Waals surface area contributed by atoms with Crippen molar-refractivity contribution in [1.29, 1.82) is 0 Å². The Kier molecular flexibility index (Phi) is 3.39. The topological polar surface area (TPSA) is 91.2 Å². The Morgan fingerprint density at radius 1 is 1.40 bits per heavy atom. The molecule has 0 spiro atoms. The molecular weight excluding hydrogens is 286 g/mol. The summed E-state index contributed by atoms with van der Waals surface area (Å²) in [5, 5.41) is 15.0. The molecule has 0 atom stereocenters. The predicted octanol–water partition coefficient (Wildman–Crippen LogP) is 2.68. The minimum absolute atomic E-state index is 0.116. The van der Waals surface area contributed by atoms with Crippen molar-refractivity contribution in [2.24, 2.45) is 0 Å². The molecule has 0 saturated carbocycles. The molecule has 0 saturated heterocycles. The zero-order valence-corrected chi connectivity index (χ0v) is 11.8. The molecule has 7 nitrogen and oxygen atoms in total. The summed E-state index contributed by atoms with van der Waals surface area (Å²) in [6.45, 7) is 5.49. The lowest BCUT2D eigenvalue weighted by Gasteiger charge is -2.10. The molecule has 0 N–H and O–H groups in total. The SMILES string of the molecule is CC(C)(C)c1nn(-c2cc([N+](=O)[O-])ccc2Cl)c(=O)o1. The molecule has 0 bridgehead atoms. The fraction of sp³-hybridized carbons (Fsp3) is 0.333. The standard InChI is InChI=1S/C12H12ClN3O4/c1-12(2,3)10-14-15(11(17)20-10)9-6-7(16(18)19)4-5-8(9)13/h4-6H,1-3H3. The number of aromatic nitrogens is 2. The Bertz CT molecular complexity index is 727. The third-order valence-corrected chi connectivity index (χ3v) is 2.88. The lowest BCUT2D eigenvalue weighted by atomic mass is 9.97. The van der Waals surface area contributed by atoms with Gasteiger partial charge < -0.3 is 4.42 Å². The molecule has 106 valence electrons. The van der Waals surface area contributed by atoms with Crippen LogP contribution in [0.4, 0.5) is 5.69 Å². The number of hydrogen-bond donors (Lipinski definition) is 0. The van der Waals surface area contributed by atoms with E-state index in [-0.39, 0.29) is 22.3 Å². The summed E-state index contributed by atoms with van der Waals surface area (Å²) in [7, 11) is 0. The van der Waals surface area contributed by atoms with Crippen LogP contribution < -0.4 is 5.76 Å². The maximum atomic E-state index is 11.8. The first-order valence-electron chi connectivity index (χ1n) is 5.75. The lowest BCUT2D eigenvalue weighted by molar-refractivity contribution is -0.384. The van der Waals surface area contributed by atoms with Gasteiger partial charge in [-0.25, -0.2) is 4.79 Å². The molecule has 1 aromatic heterocycles. The number of nitro benzene ring substituents is 1. The van der Waals surface area contributed by atoms with Gasteiger partial charge in [-0.15, -0.1) is 5.10 Å². The van der Waals surface area contributed by atoms with Crippen LogP contribution >= 0.6 is 11.6 Å². The van der Waals surface area contributed by atoms with Crippen LogP contribution in [0.25, 0.3) is 5.69 Å². The van der Waals surface area contributed by atoms with Crippen LogP contribution in [0, 0.1) is 10.1 Å². The molecule has 1 heterocycles. The minimum Gasteiger partial charge on any atom is -0.391 e. The van der Waals surface area contributed by atoms with E-state index in [1.54, 1.807) is 0 Å². The van der Waals surface area contributed by atoms with Gasteiger partial charge in [-0.2, -0.15) is 4.68 Å². The van der Waals surface area contributed by atoms with Crippen molar-refractivity contribution in [2.75, 3.05) is 0 Å². The van der Waals surface area contributed by atoms with E-state index in [1.165, 1.54) is 18.2 Å². The third kappa shape index (κ3) is 2.57. The van der Waals surface area contributed by atoms with Crippen LogP contribution in [-0.4, -0.2) is 14.7 Å². The van der Waals surface area contributed by atoms with E-state index in [9.17, 15) is 14.9 Å². The number of hydrogen-bond acceptors (Lipinski definition) is 5. The van der Waals surface area contributed by atoms with Crippen LogP contribution in [0.5, 0.6) is 0 Å². The monoisotopic (exact) mass is 297 g/mol. The number of non-ortho nitro benzene ring substituents is 1. The molecule has 2 rings (SSSR count). The van der Waals surface area contributed by atoms with Crippen molar-refractivity contribution in [3.8, 4) is 5.69 Å². The highest BCUT2D eigenvalue weighted by Gasteiger charge is 2.24. The lowest BCUT2D eigenvalue weighted by Crippen LogP contribution is -2.15. The minimum atomic E-state index is -0.739. The van der Waals surface area contributed by atoms with Gasteiger partial charge >= 0.3 is 5.76 Å². The fourth-order valence-corrected chi connectivity index (χ4v) is 1.71. The van der Waals surface area contributed by atoms with Gasteiger partial charge in [0.05, 0.1) is 15.6 Å². The number of nitro groups is 1. The molecule has 0 aliphatic carbocycles. The van der Waals surface area contributed by atoms with Crippen LogP contribution in [0.3, 0.4) is 0 Å². The van der Waals surface area contributed by atoms with Gasteiger partial charge in [0, 0.05) is 17.5 Å². The van der Waals surface area contributed by atoms with Crippen LogP contribution in [0.2, 0.25) is 5.02 Å². The first kappa shape index (κ1) is 14.3. The van der Waals surface area contributed by atoms with Gasteiger partial charge in [-0.1, -0.05) is 32.4 Å². The van der Waals surface area contributed by atoms with Crippen LogP contribution in [-0.2, 0) is 5.41 Å². The molecule has 2 aromatic rings. The summed E-state index contributed by atoms with van der Waals surface area (Å²) >= 11 is 5.97. The average Bonchev–Trinajstić information content (AvgIpc) is 2.71. The van der Waals surface area contributed by atoms with Crippen LogP contribution in [0.1, 0.15) is 26.7 Å². The molecule has 1 aromatic carbocycles. The highest BCUT2D eigenvalue weighted by molar-refractivity contribution is 6.32. The normalized spacial score (nSPS) is 11.6. The Balaban J connectivity index is 2.63. The van der Waals surface area contributed by atoms with E-state index in [4.69, 9.17) is 16.0 Å². The number of halogens is 1. The second kappa shape index (κ2) is 4.75. The van der Waals surface area contributed by atoms with E-state index in [1.807, 2.05) is 20.8 Å². The maximum absolute atomic E-state index is 11.8. The molecular formula is C12H12ClN3O4. The first-order valence-corrected chi connectivity index (χ1v) is 6.13. The van der Waals surface area contributed by atoms with Gasteiger partial charge in [-0.05, 0) is 6.07 Å². The molecule has 0 amide bonds. The number of nitrogens with zero attached hydrogens (tertiary/aromatic N) is 3. The average molecular weight is 298 g/mol. The van der Waals surface area contributed by atoms with E-state index in [2.05, 4.69) is 5.10 Å². The summed E-state index contributed by atoms with van der Waals surface area (Å²) in [4.78, 5) is 22.0. The van der Waals surface area contributed by atoms with Crippen molar-refractivity contribution >= 4 is 17.3 Å². The van der Waals surface area contributed by atoms with Gasteiger partial charge in [0.15, 0.2) is 0 Å². The summed E-state index contributed by atoms with van der Waals surface area (Å²) in [6.07, 6.45) is 0. The second-order valence-corrected chi connectivity index (χ2v) is 5.63. The molecule has 0 fully saturated rings. The van der Waals surface area contributed by atoms with Crippen molar-refractivity contribution in [3.05, 3.63) is 49.8 Å². The highest BCUT2D eigenvalue weighted by Crippen LogP contribution is 2.25. The first-order chi connectivity index (χ1) is 9.20. The summed E-state index contributed by atoms with van der Waals surface area (Å²) in [6, 6.07) is 3.77. The number of rotatable bonds is 2. The van der Waals surface area contributed by atoms with Gasteiger partial charge in [0.25, 0.3) is 5.69 Å². The third-order valence-electron chi connectivity index (χ3n) is 2.56.